The molecule has 7 heteroatoms. The second-order valence-corrected chi connectivity index (χ2v) is 5.59. The Morgan fingerprint density at radius 3 is 2.79 bits per heavy atom. The van der Waals surface area contributed by atoms with E-state index in [-0.39, 0.29) is 17.8 Å². The number of benzene rings is 1. The van der Waals surface area contributed by atoms with Crippen molar-refractivity contribution in [2.75, 3.05) is 12.0 Å². The van der Waals surface area contributed by atoms with Crippen molar-refractivity contribution in [2.45, 2.75) is 25.5 Å². The van der Waals surface area contributed by atoms with Crippen LogP contribution in [0.15, 0.2) is 36.5 Å². The molecule has 1 aliphatic rings. The molecule has 1 amide bonds. The number of fused-ring (bicyclic) bond motifs is 1. The van der Waals surface area contributed by atoms with Gasteiger partial charge in [0, 0.05) is 12.3 Å². The molecular formula is C17H16F2N2O3. The van der Waals surface area contributed by atoms with Gasteiger partial charge in [-0.1, -0.05) is 12.1 Å². The summed E-state index contributed by atoms with van der Waals surface area (Å²) in [5, 5.41) is 9.76. The molecule has 0 unspecified atom stereocenters. The zero-order chi connectivity index (χ0) is 17.5. The Labute approximate surface area is 137 Å². The number of hydrogen-bond donors (Lipinski definition) is 1. The van der Waals surface area contributed by atoms with E-state index in [0.717, 1.165) is 4.90 Å². The first kappa shape index (κ1) is 16.3. The number of aliphatic hydroxyl groups excluding tert-OH is 1. The first-order valence-electron chi connectivity index (χ1n) is 7.36. The Bertz CT molecular complexity index is 793. The number of aliphatic hydroxyl groups is 1. The highest BCUT2D eigenvalue weighted by atomic mass is 19.3. The predicted octanol–water partition coefficient (Wildman–Crippen LogP) is 2.78. The van der Waals surface area contributed by atoms with Crippen molar-refractivity contribution in [3.63, 3.8) is 0 Å². The number of carbonyl (C=O) groups excluding carboxylic acids is 1. The summed E-state index contributed by atoms with van der Waals surface area (Å²) in [6, 6.07) is 7.63. The second-order valence-electron chi connectivity index (χ2n) is 5.59. The standard InChI is InChI=1S/C17H16F2N2O3/c1-10(22)12-4-3-5-13-15(12)17(18,19)16(23)21(13)9-11-6-7-20-14(8-11)24-2/h3-8,10,22H,9H2,1-2H3/t10-/m0/s1. The average Bonchev–Trinajstić information content (AvgIpc) is 2.76. The molecule has 1 aromatic carbocycles. The summed E-state index contributed by atoms with van der Waals surface area (Å²) < 4.78 is 34.0. The van der Waals surface area contributed by atoms with Crippen molar-refractivity contribution < 1.29 is 23.4 Å². The number of methoxy groups -OCH3 is 1. The van der Waals surface area contributed by atoms with Crippen molar-refractivity contribution in [1.82, 2.24) is 4.98 Å². The summed E-state index contributed by atoms with van der Waals surface area (Å²) in [7, 11) is 1.45. The van der Waals surface area contributed by atoms with E-state index in [1.807, 2.05) is 0 Å². The van der Waals surface area contributed by atoms with Crippen LogP contribution in [0, 0.1) is 0 Å². The van der Waals surface area contributed by atoms with Crippen LogP contribution >= 0.6 is 0 Å². The molecule has 126 valence electrons. The van der Waals surface area contributed by atoms with Crippen molar-refractivity contribution in [1.29, 1.82) is 0 Å². The van der Waals surface area contributed by atoms with Gasteiger partial charge in [-0.3, -0.25) is 4.79 Å². The molecule has 1 atom stereocenters. The molecule has 0 saturated carbocycles. The molecule has 0 bridgehead atoms. The molecule has 0 saturated heterocycles. The van der Waals surface area contributed by atoms with Crippen LogP contribution in [0.1, 0.15) is 29.7 Å². The lowest BCUT2D eigenvalue weighted by Gasteiger charge is -2.18. The smallest absolute Gasteiger partial charge is 0.352 e. The van der Waals surface area contributed by atoms with E-state index in [0.29, 0.717) is 11.4 Å². The van der Waals surface area contributed by atoms with Gasteiger partial charge in [0.2, 0.25) is 5.88 Å². The van der Waals surface area contributed by atoms with Gasteiger partial charge in [0.15, 0.2) is 0 Å². The van der Waals surface area contributed by atoms with Crippen molar-refractivity contribution in [3.8, 4) is 5.88 Å². The van der Waals surface area contributed by atoms with Crippen LogP contribution in [-0.2, 0) is 17.3 Å². The summed E-state index contributed by atoms with van der Waals surface area (Å²) in [4.78, 5) is 17.2. The van der Waals surface area contributed by atoms with Gasteiger partial charge in [-0.15, -0.1) is 0 Å². The number of hydrogen-bond acceptors (Lipinski definition) is 4. The molecule has 3 rings (SSSR count). The minimum Gasteiger partial charge on any atom is -0.481 e. The molecule has 2 heterocycles. The van der Waals surface area contributed by atoms with Crippen molar-refractivity contribution in [3.05, 3.63) is 53.2 Å². The van der Waals surface area contributed by atoms with Gasteiger partial charge in [0.1, 0.15) is 0 Å². The number of nitrogens with zero attached hydrogens (tertiary/aromatic N) is 2. The van der Waals surface area contributed by atoms with E-state index in [2.05, 4.69) is 4.98 Å². The molecule has 5 nitrogen and oxygen atoms in total. The summed E-state index contributed by atoms with van der Waals surface area (Å²) in [5.74, 6) is -4.63. The molecule has 0 radical (unpaired) electrons. The Balaban J connectivity index is 2.05. The van der Waals surface area contributed by atoms with Crippen molar-refractivity contribution >= 4 is 11.6 Å². The fourth-order valence-corrected chi connectivity index (χ4v) is 2.86. The fourth-order valence-electron chi connectivity index (χ4n) is 2.86. The van der Waals surface area contributed by atoms with Gasteiger partial charge in [0.05, 0.1) is 31.0 Å². The number of carbonyl (C=O) groups is 1. The first-order valence-corrected chi connectivity index (χ1v) is 7.36. The lowest BCUT2D eigenvalue weighted by molar-refractivity contribution is -0.141. The largest absolute Gasteiger partial charge is 0.481 e. The van der Waals surface area contributed by atoms with E-state index in [4.69, 9.17) is 4.74 Å². The third-order valence-electron chi connectivity index (χ3n) is 3.99. The lowest BCUT2D eigenvalue weighted by atomic mass is 9.98. The number of anilines is 1. The molecule has 0 aliphatic carbocycles. The quantitative estimate of drug-likeness (QED) is 0.934. The van der Waals surface area contributed by atoms with E-state index >= 15 is 0 Å². The van der Waals surface area contributed by atoms with Crippen LogP contribution < -0.4 is 9.64 Å². The molecule has 0 spiro atoms. The minimum atomic E-state index is -3.67. The highest BCUT2D eigenvalue weighted by Crippen LogP contribution is 2.47. The van der Waals surface area contributed by atoms with Crippen LogP contribution in [0.4, 0.5) is 14.5 Å². The second kappa shape index (κ2) is 5.83. The third-order valence-corrected chi connectivity index (χ3v) is 3.99. The summed E-state index contributed by atoms with van der Waals surface area (Å²) in [5.41, 5.74) is 0.354. The zero-order valence-corrected chi connectivity index (χ0v) is 13.2. The van der Waals surface area contributed by atoms with E-state index in [1.165, 1.54) is 32.4 Å². The molecule has 1 aliphatic heterocycles. The number of aromatic nitrogens is 1. The maximum atomic E-state index is 14.5. The SMILES string of the molecule is COc1cc(CN2C(=O)C(F)(F)c3c([C@H](C)O)cccc32)ccn1. The lowest BCUT2D eigenvalue weighted by Crippen LogP contribution is -2.34. The van der Waals surface area contributed by atoms with Crippen LogP contribution in [0.25, 0.3) is 0 Å². The Morgan fingerprint density at radius 1 is 1.38 bits per heavy atom. The number of alkyl halides is 2. The van der Waals surface area contributed by atoms with Crippen LogP contribution in [0.2, 0.25) is 0 Å². The van der Waals surface area contributed by atoms with Gasteiger partial charge in [-0.2, -0.15) is 8.78 Å². The van der Waals surface area contributed by atoms with Crippen molar-refractivity contribution in [2.24, 2.45) is 0 Å². The fraction of sp³-hybridized carbons (Fsp3) is 0.294. The first-order chi connectivity index (χ1) is 11.4. The molecule has 1 N–H and O–H groups in total. The number of amides is 1. The van der Waals surface area contributed by atoms with E-state index in [9.17, 15) is 18.7 Å². The Morgan fingerprint density at radius 2 is 2.12 bits per heavy atom. The van der Waals surface area contributed by atoms with Gasteiger partial charge in [0.25, 0.3) is 0 Å². The minimum absolute atomic E-state index is 0.0381. The highest BCUT2D eigenvalue weighted by molar-refractivity contribution is 6.06. The summed E-state index contributed by atoms with van der Waals surface area (Å²) in [6.45, 7) is 1.36. The Kier molecular flexibility index (Phi) is 3.96. The van der Waals surface area contributed by atoms with Gasteiger partial charge in [-0.25, -0.2) is 4.98 Å². The highest BCUT2D eigenvalue weighted by Gasteiger charge is 2.54. The maximum Gasteiger partial charge on any atom is 0.352 e. The predicted molar refractivity (Wildman–Crippen MR) is 82.9 cm³/mol. The molecule has 0 fully saturated rings. The Hall–Kier alpha value is -2.54. The van der Waals surface area contributed by atoms with Gasteiger partial charge < -0.3 is 14.7 Å². The van der Waals surface area contributed by atoms with E-state index in [1.54, 1.807) is 18.2 Å². The zero-order valence-electron chi connectivity index (χ0n) is 13.2. The van der Waals surface area contributed by atoms with Gasteiger partial charge in [-0.05, 0) is 30.2 Å². The molecule has 1 aromatic heterocycles. The average molecular weight is 334 g/mol. The molecule has 2 aromatic rings. The number of pyridine rings is 1. The van der Waals surface area contributed by atoms with Crippen LogP contribution in [-0.4, -0.2) is 23.1 Å². The maximum absolute atomic E-state index is 14.5. The van der Waals surface area contributed by atoms with Crippen LogP contribution in [0.3, 0.4) is 0 Å². The van der Waals surface area contributed by atoms with Gasteiger partial charge >= 0.3 is 11.8 Å². The number of rotatable bonds is 4. The summed E-state index contributed by atoms with van der Waals surface area (Å²) in [6.07, 6.45) is 0.389. The molecular weight excluding hydrogens is 318 g/mol. The molecule has 24 heavy (non-hydrogen) atoms. The number of halogens is 2. The van der Waals surface area contributed by atoms with E-state index < -0.39 is 23.5 Å². The van der Waals surface area contributed by atoms with Crippen LogP contribution in [0.5, 0.6) is 5.88 Å². The monoisotopic (exact) mass is 334 g/mol. The third kappa shape index (κ3) is 2.50. The topological polar surface area (TPSA) is 62.7 Å². The summed E-state index contributed by atoms with van der Waals surface area (Å²) >= 11 is 0. The number of ether oxygens (including phenoxy) is 1. The normalized spacial score (nSPS) is 16.9.